The summed E-state index contributed by atoms with van der Waals surface area (Å²) in [5.41, 5.74) is 7.66. The van der Waals surface area contributed by atoms with E-state index in [0.717, 1.165) is 5.92 Å². The van der Waals surface area contributed by atoms with Crippen molar-refractivity contribution in [1.82, 2.24) is 0 Å². The van der Waals surface area contributed by atoms with Crippen molar-refractivity contribution in [3.63, 3.8) is 0 Å². The molecule has 6 aromatic rings. The fourth-order valence-electron chi connectivity index (χ4n) is 8.76. The van der Waals surface area contributed by atoms with Crippen molar-refractivity contribution in [3.05, 3.63) is 121 Å². The van der Waals surface area contributed by atoms with Crippen molar-refractivity contribution in [3.8, 4) is 22.3 Å². The summed E-state index contributed by atoms with van der Waals surface area (Å²) in [4.78, 5) is 0. The maximum atomic E-state index is 2.56. The first-order chi connectivity index (χ1) is 19.5. The van der Waals surface area contributed by atoms with Crippen LogP contribution in [0.4, 0.5) is 0 Å². The van der Waals surface area contributed by atoms with Gasteiger partial charge in [0, 0.05) is 0 Å². The van der Waals surface area contributed by atoms with Crippen LogP contribution in [0.2, 0.25) is 0 Å². The molecule has 0 aliphatic heterocycles. The molecule has 2 saturated carbocycles. The molecule has 40 heavy (non-hydrogen) atoms. The molecule has 0 amide bonds. The van der Waals surface area contributed by atoms with Crippen molar-refractivity contribution in [1.29, 1.82) is 0 Å². The standard InChI is InChI=1S/C40H36/c1-39(2)29-23-24-40(39,3)36(25-29)27-19-21-28(22-20-27)37-32-14-6-8-16-34(32)38(35-17-9-7-15-33(35)37)31-18-10-12-26-11-4-5-13-30(26)31/h4-22,29,36H,23-25H2,1-3H3/t29-,36?,40+/m0/s1. The fraction of sp³-hybridized carbons (Fsp3) is 0.250. The molecule has 0 spiro atoms. The Morgan fingerprint density at radius 3 is 1.68 bits per heavy atom. The van der Waals surface area contributed by atoms with Gasteiger partial charge in [0.05, 0.1) is 0 Å². The molecular weight excluding hydrogens is 480 g/mol. The van der Waals surface area contributed by atoms with E-state index in [0.29, 0.717) is 16.7 Å². The van der Waals surface area contributed by atoms with Crippen LogP contribution in [-0.2, 0) is 0 Å². The predicted octanol–water partition coefficient (Wildman–Crippen LogP) is 11.4. The average Bonchev–Trinajstić information content (AvgIpc) is 3.34. The van der Waals surface area contributed by atoms with Crippen LogP contribution >= 0.6 is 0 Å². The highest BCUT2D eigenvalue weighted by Gasteiger charge is 2.61. The first kappa shape index (κ1) is 23.9. The molecule has 6 aromatic carbocycles. The van der Waals surface area contributed by atoms with E-state index in [1.54, 1.807) is 0 Å². The van der Waals surface area contributed by atoms with Gasteiger partial charge < -0.3 is 0 Å². The van der Waals surface area contributed by atoms with E-state index >= 15 is 0 Å². The summed E-state index contributed by atoms with van der Waals surface area (Å²) in [6.07, 6.45) is 4.11. The Morgan fingerprint density at radius 2 is 1.10 bits per heavy atom. The van der Waals surface area contributed by atoms with Crippen LogP contribution in [0.5, 0.6) is 0 Å². The van der Waals surface area contributed by atoms with Gasteiger partial charge >= 0.3 is 0 Å². The minimum absolute atomic E-state index is 0.401. The van der Waals surface area contributed by atoms with E-state index < -0.39 is 0 Å². The lowest BCUT2D eigenvalue weighted by atomic mass is 9.65. The number of benzene rings is 6. The molecule has 196 valence electrons. The second kappa shape index (κ2) is 8.55. The van der Waals surface area contributed by atoms with Gasteiger partial charge in [-0.25, -0.2) is 0 Å². The van der Waals surface area contributed by atoms with Crippen molar-refractivity contribution >= 4 is 32.3 Å². The van der Waals surface area contributed by atoms with Gasteiger partial charge in [0.2, 0.25) is 0 Å². The van der Waals surface area contributed by atoms with Crippen molar-refractivity contribution < 1.29 is 0 Å². The molecule has 0 saturated heterocycles. The Labute approximate surface area is 237 Å². The summed E-state index contributed by atoms with van der Waals surface area (Å²) in [5, 5.41) is 7.87. The lowest BCUT2D eigenvalue weighted by molar-refractivity contribution is 0.134. The van der Waals surface area contributed by atoms with E-state index in [2.05, 4.69) is 136 Å². The maximum absolute atomic E-state index is 2.56. The zero-order valence-corrected chi connectivity index (χ0v) is 23.7. The van der Waals surface area contributed by atoms with Gasteiger partial charge in [0.25, 0.3) is 0 Å². The molecule has 8 rings (SSSR count). The molecule has 2 fully saturated rings. The van der Waals surface area contributed by atoms with E-state index in [1.807, 2.05) is 0 Å². The summed E-state index contributed by atoms with van der Waals surface area (Å²) in [7, 11) is 0. The summed E-state index contributed by atoms with van der Waals surface area (Å²) in [6, 6.07) is 43.2. The van der Waals surface area contributed by atoms with Gasteiger partial charge in [-0.1, -0.05) is 136 Å². The van der Waals surface area contributed by atoms with Crippen LogP contribution in [0.15, 0.2) is 115 Å². The third-order valence-corrected chi connectivity index (χ3v) is 11.4. The third-order valence-electron chi connectivity index (χ3n) is 11.4. The second-order valence-electron chi connectivity index (χ2n) is 13.2. The number of fused-ring (bicyclic) bond motifs is 5. The van der Waals surface area contributed by atoms with Gasteiger partial charge in [0.1, 0.15) is 0 Å². The van der Waals surface area contributed by atoms with Crippen LogP contribution < -0.4 is 0 Å². The van der Waals surface area contributed by atoms with Gasteiger partial charge in [-0.15, -0.1) is 0 Å². The van der Waals surface area contributed by atoms with Crippen LogP contribution in [0.3, 0.4) is 0 Å². The number of hydrogen-bond acceptors (Lipinski definition) is 0. The van der Waals surface area contributed by atoms with Gasteiger partial charge in [0.15, 0.2) is 0 Å². The van der Waals surface area contributed by atoms with Crippen LogP contribution in [0.25, 0.3) is 54.6 Å². The summed E-state index contributed by atoms with van der Waals surface area (Å²) in [5.74, 6) is 1.52. The average molecular weight is 517 g/mol. The highest BCUT2D eigenvalue weighted by atomic mass is 14.7. The lowest BCUT2D eigenvalue weighted by Gasteiger charge is -2.39. The molecule has 3 atom stereocenters. The van der Waals surface area contributed by atoms with Gasteiger partial charge in [-0.2, -0.15) is 0 Å². The monoisotopic (exact) mass is 516 g/mol. The SMILES string of the molecule is CC1(C)[C@H]2CC[C@]1(C)C(c1ccc(-c3c4ccccc4c(-c4cccc5ccccc45)c4ccccc34)cc1)C2. The smallest absolute Gasteiger partial charge is 0.00201 e. The largest absolute Gasteiger partial charge is 0.0616 e. The maximum Gasteiger partial charge on any atom is -0.00201 e. The van der Waals surface area contributed by atoms with Crippen LogP contribution in [0.1, 0.15) is 51.5 Å². The summed E-state index contributed by atoms with van der Waals surface area (Å²) in [6.45, 7) is 7.61. The highest BCUT2D eigenvalue weighted by Crippen LogP contribution is 2.70. The Morgan fingerprint density at radius 1 is 0.550 bits per heavy atom. The van der Waals surface area contributed by atoms with E-state index in [4.69, 9.17) is 0 Å². The molecule has 0 N–H and O–H groups in total. The normalized spacial score (nSPS) is 23.4. The van der Waals surface area contributed by atoms with Gasteiger partial charge in [-0.3, -0.25) is 0 Å². The minimum Gasteiger partial charge on any atom is -0.0616 e. The molecule has 0 heteroatoms. The summed E-state index contributed by atoms with van der Waals surface area (Å²) >= 11 is 0. The van der Waals surface area contributed by atoms with Gasteiger partial charge in [-0.05, 0) is 102 Å². The van der Waals surface area contributed by atoms with E-state index in [1.165, 1.54) is 79.4 Å². The topological polar surface area (TPSA) is 0 Å². The van der Waals surface area contributed by atoms with E-state index in [9.17, 15) is 0 Å². The van der Waals surface area contributed by atoms with Crippen molar-refractivity contribution in [2.75, 3.05) is 0 Å². The molecular formula is C40H36. The lowest BCUT2D eigenvalue weighted by Crippen LogP contribution is -2.31. The zero-order valence-electron chi connectivity index (χ0n) is 23.7. The highest BCUT2D eigenvalue weighted by molar-refractivity contribution is 6.23. The molecule has 2 bridgehead atoms. The third kappa shape index (κ3) is 3.20. The molecule has 1 unspecified atom stereocenters. The fourth-order valence-corrected chi connectivity index (χ4v) is 8.76. The zero-order chi connectivity index (χ0) is 27.1. The molecule has 2 aliphatic carbocycles. The second-order valence-corrected chi connectivity index (χ2v) is 13.2. The molecule has 2 aliphatic rings. The molecule has 0 heterocycles. The molecule has 0 radical (unpaired) electrons. The number of rotatable bonds is 3. The quantitative estimate of drug-likeness (QED) is 0.205. The Balaban J connectivity index is 1.34. The minimum atomic E-state index is 0.401. The Hall–Kier alpha value is -3.90. The number of hydrogen-bond donors (Lipinski definition) is 0. The molecule has 0 nitrogen and oxygen atoms in total. The van der Waals surface area contributed by atoms with Crippen LogP contribution in [0, 0.1) is 16.7 Å². The van der Waals surface area contributed by atoms with E-state index in [-0.39, 0.29) is 0 Å². The first-order valence-electron chi connectivity index (χ1n) is 15.0. The van der Waals surface area contributed by atoms with Crippen molar-refractivity contribution in [2.24, 2.45) is 16.7 Å². The predicted molar refractivity (Wildman–Crippen MR) is 172 cm³/mol. The summed E-state index contributed by atoms with van der Waals surface area (Å²) < 4.78 is 0. The first-order valence-corrected chi connectivity index (χ1v) is 15.0. The van der Waals surface area contributed by atoms with Crippen LogP contribution in [-0.4, -0.2) is 0 Å². The Kier molecular flexibility index (Phi) is 5.12. The van der Waals surface area contributed by atoms with Crippen molar-refractivity contribution in [2.45, 2.75) is 46.0 Å². The molecule has 0 aromatic heterocycles. The Bertz CT molecular complexity index is 1860.